The van der Waals surface area contributed by atoms with E-state index in [-0.39, 0.29) is 30.0 Å². The predicted molar refractivity (Wildman–Crippen MR) is 171 cm³/mol. The summed E-state index contributed by atoms with van der Waals surface area (Å²) >= 11 is 0. The zero-order valence-corrected chi connectivity index (χ0v) is 26.1. The van der Waals surface area contributed by atoms with Gasteiger partial charge in [-0.1, -0.05) is 19.8 Å². The molecule has 2 aromatic carbocycles. The van der Waals surface area contributed by atoms with Gasteiger partial charge >= 0.3 is 6.18 Å². The van der Waals surface area contributed by atoms with Gasteiger partial charge in [0.15, 0.2) is 5.69 Å². The van der Waals surface area contributed by atoms with Gasteiger partial charge in [-0.25, -0.2) is 4.98 Å². The van der Waals surface area contributed by atoms with Crippen molar-refractivity contribution < 1.29 is 22.8 Å². The van der Waals surface area contributed by atoms with Crippen LogP contribution in [0.25, 0.3) is 22.0 Å². The number of alkyl halides is 3. The van der Waals surface area contributed by atoms with Crippen molar-refractivity contribution >= 4 is 28.4 Å². The van der Waals surface area contributed by atoms with Crippen molar-refractivity contribution in [2.45, 2.75) is 64.2 Å². The highest BCUT2D eigenvalue weighted by atomic mass is 19.4. The second kappa shape index (κ2) is 12.0. The van der Waals surface area contributed by atoms with Crippen LogP contribution in [0.3, 0.4) is 0 Å². The normalized spacial score (nSPS) is 15.4. The fourth-order valence-corrected chi connectivity index (χ4v) is 6.96. The van der Waals surface area contributed by atoms with Crippen molar-refractivity contribution in [2.24, 2.45) is 7.05 Å². The number of aromatic nitrogens is 5. The number of halogens is 3. The number of rotatable bonds is 7. The molecule has 0 atom stereocenters. The van der Waals surface area contributed by atoms with E-state index >= 15 is 0 Å². The first kappa shape index (κ1) is 30.6. The van der Waals surface area contributed by atoms with Crippen molar-refractivity contribution in [3.63, 3.8) is 0 Å². The molecule has 0 spiro atoms. The summed E-state index contributed by atoms with van der Waals surface area (Å²) in [6.07, 6.45) is 8.36. The summed E-state index contributed by atoms with van der Waals surface area (Å²) in [6, 6.07) is 9.23. The van der Waals surface area contributed by atoms with E-state index in [1.807, 2.05) is 19.1 Å². The van der Waals surface area contributed by atoms with E-state index in [4.69, 9.17) is 0 Å². The van der Waals surface area contributed by atoms with E-state index < -0.39 is 11.9 Å². The Morgan fingerprint density at radius 1 is 1.04 bits per heavy atom. The first-order chi connectivity index (χ1) is 22.6. The topological polar surface area (TPSA) is 97.9 Å². The smallest absolute Gasteiger partial charge is 0.349 e. The molecule has 9 nitrogen and oxygen atoms in total. The molecular formula is C35H34F3N7O2. The van der Waals surface area contributed by atoms with Crippen LogP contribution in [0.4, 0.5) is 18.9 Å². The number of hydrogen-bond acceptors (Lipinski definition) is 5. The maximum atomic E-state index is 14.5. The Morgan fingerprint density at radius 2 is 1.83 bits per heavy atom. The molecule has 12 heteroatoms. The second-order valence-electron chi connectivity index (χ2n) is 12.4. The monoisotopic (exact) mass is 641 g/mol. The van der Waals surface area contributed by atoms with Gasteiger partial charge < -0.3 is 14.8 Å². The minimum Gasteiger partial charge on any atom is -0.349 e. The lowest BCUT2D eigenvalue weighted by molar-refractivity contribution is -0.141. The van der Waals surface area contributed by atoms with Gasteiger partial charge in [0.2, 0.25) is 0 Å². The molecule has 1 fully saturated rings. The minimum absolute atomic E-state index is 0.0650. The number of aryl methyl sites for hydroxylation is 2. The quantitative estimate of drug-likeness (QED) is 0.224. The van der Waals surface area contributed by atoms with Crippen molar-refractivity contribution in [1.82, 2.24) is 29.6 Å². The summed E-state index contributed by atoms with van der Waals surface area (Å²) < 4.78 is 45.4. The van der Waals surface area contributed by atoms with Crippen molar-refractivity contribution in [3.05, 3.63) is 95.0 Å². The summed E-state index contributed by atoms with van der Waals surface area (Å²) in [4.78, 5) is 38.3. The van der Waals surface area contributed by atoms with E-state index in [2.05, 4.69) is 20.4 Å². The SMILES string of the molecule is CCc1cc(C(=O)NC2CCCC2)c2nccc(N3CCc4c(cc(Cn5ccnc5)cc4-c4cn(C)nc4C(F)(F)F)C3=O)c2c1. The van der Waals surface area contributed by atoms with Crippen LogP contribution in [0.2, 0.25) is 0 Å². The average Bonchev–Trinajstić information content (AvgIpc) is 3.83. The zero-order valence-electron chi connectivity index (χ0n) is 26.1. The summed E-state index contributed by atoms with van der Waals surface area (Å²) in [5.41, 5.74) is 3.33. The van der Waals surface area contributed by atoms with Crippen LogP contribution in [0.1, 0.15) is 75.7 Å². The fraction of sp³-hybridized carbons (Fsp3) is 0.343. The number of benzene rings is 2. The van der Waals surface area contributed by atoms with Gasteiger partial charge in [0.25, 0.3) is 11.8 Å². The van der Waals surface area contributed by atoms with Gasteiger partial charge in [-0.3, -0.25) is 19.3 Å². The van der Waals surface area contributed by atoms with Crippen LogP contribution in [-0.2, 0) is 32.6 Å². The number of nitrogens with one attached hydrogen (secondary N) is 1. The molecule has 242 valence electrons. The molecule has 47 heavy (non-hydrogen) atoms. The highest BCUT2D eigenvalue weighted by Gasteiger charge is 2.39. The van der Waals surface area contributed by atoms with Gasteiger partial charge in [-0.05, 0) is 78.3 Å². The van der Waals surface area contributed by atoms with Gasteiger partial charge in [-0.15, -0.1) is 0 Å². The lowest BCUT2D eigenvalue weighted by Gasteiger charge is -2.31. The van der Waals surface area contributed by atoms with Crippen molar-refractivity contribution in [3.8, 4) is 11.1 Å². The van der Waals surface area contributed by atoms with Crippen LogP contribution in [0.5, 0.6) is 0 Å². The summed E-state index contributed by atoms with van der Waals surface area (Å²) in [6.45, 7) is 2.56. The van der Waals surface area contributed by atoms with Gasteiger partial charge in [0.05, 0.1) is 23.1 Å². The Balaban J connectivity index is 1.34. The molecule has 1 N–H and O–H groups in total. The van der Waals surface area contributed by atoms with Crippen LogP contribution in [0.15, 0.2) is 61.4 Å². The third kappa shape index (κ3) is 5.77. The Kier molecular flexibility index (Phi) is 7.81. The molecule has 0 bridgehead atoms. The van der Waals surface area contributed by atoms with E-state index in [1.54, 1.807) is 52.6 Å². The maximum absolute atomic E-state index is 14.5. The first-order valence-electron chi connectivity index (χ1n) is 15.9. The minimum atomic E-state index is -4.68. The molecule has 2 amide bonds. The Morgan fingerprint density at radius 3 is 2.55 bits per heavy atom. The van der Waals surface area contributed by atoms with Crippen LogP contribution < -0.4 is 10.2 Å². The number of amides is 2. The molecule has 7 rings (SSSR count). The average molecular weight is 642 g/mol. The lowest BCUT2D eigenvalue weighted by Crippen LogP contribution is -2.38. The highest BCUT2D eigenvalue weighted by molar-refractivity contribution is 6.15. The summed E-state index contributed by atoms with van der Waals surface area (Å²) in [7, 11) is 1.45. The highest BCUT2D eigenvalue weighted by Crippen LogP contribution is 2.41. The summed E-state index contributed by atoms with van der Waals surface area (Å²) in [5.74, 6) is -0.508. The summed E-state index contributed by atoms with van der Waals surface area (Å²) in [5, 5.41) is 7.59. The Labute approximate surface area is 269 Å². The molecule has 3 aromatic heterocycles. The van der Waals surface area contributed by atoms with E-state index in [1.165, 1.54) is 13.2 Å². The van der Waals surface area contributed by atoms with E-state index in [0.717, 1.165) is 35.9 Å². The number of imidazole rings is 1. The number of pyridine rings is 1. The number of carbonyl (C=O) groups is 2. The molecular weight excluding hydrogens is 607 g/mol. The maximum Gasteiger partial charge on any atom is 0.435 e. The Bertz CT molecular complexity index is 1990. The lowest BCUT2D eigenvalue weighted by atomic mass is 9.87. The van der Waals surface area contributed by atoms with Gasteiger partial charge in [-0.2, -0.15) is 18.3 Å². The second-order valence-corrected chi connectivity index (χ2v) is 12.4. The van der Waals surface area contributed by atoms with Gasteiger partial charge in [0.1, 0.15) is 0 Å². The van der Waals surface area contributed by atoms with Crippen molar-refractivity contribution in [1.29, 1.82) is 0 Å². The largest absolute Gasteiger partial charge is 0.435 e. The fourth-order valence-electron chi connectivity index (χ4n) is 6.96. The molecule has 0 unspecified atom stereocenters. The third-order valence-electron chi connectivity index (χ3n) is 9.20. The molecule has 5 aromatic rings. The van der Waals surface area contributed by atoms with Crippen molar-refractivity contribution in [2.75, 3.05) is 11.4 Å². The third-order valence-corrected chi connectivity index (χ3v) is 9.20. The number of nitrogens with zero attached hydrogens (tertiary/aromatic N) is 6. The van der Waals surface area contributed by atoms with Crippen LogP contribution in [0, 0.1) is 0 Å². The van der Waals surface area contributed by atoms with Gasteiger partial charge in [0, 0.05) is 67.5 Å². The predicted octanol–water partition coefficient (Wildman–Crippen LogP) is 6.34. The zero-order chi connectivity index (χ0) is 32.9. The molecule has 0 radical (unpaired) electrons. The van der Waals surface area contributed by atoms with E-state index in [9.17, 15) is 22.8 Å². The first-order valence-corrected chi connectivity index (χ1v) is 15.9. The van der Waals surface area contributed by atoms with Crippen LogP contribution in [-0.4, -0.2) is 48.7 Å². The number of hydrogen-bond donors (Lipinski definition) is 1. The standard InChI is InChI=1S/C35H34F3N7O2/c1-3-21-14-27-30(8-10-40-31(27)28(15-21)33(46)41-23-6-4-5-7-23)45-12-9-24-25(29-19-43(2)42-32(29)35(36,37)38)16-22(17-26(24)34(45)47)18-44-13-11-39-20-44/h8,10-11,13-17,19-20,23H,3-7,9,12,18H2,1-2H3,(H,41,46). The van der Waals surface area contributed by atoms with E-state index in [0.29, 0.717) is 63.8 Å². The Hall–Kier alpha value is -5.00. The number of anilines is 1. The molecule has 1 aliphatic heterocycles. The van der Waals surface area contributed by atoms with Crippen LogP contribution >= 0.6 is 0 Å². The molecule has 0 saturated heterocycles. The molecule has 4 heterocycles. The molecule has 1 saturated carbocycles. The molecule has 2 aliphatic rings. The molecule has 1 aliphatic carbocycles. The number of fused-ring (bicyclic) bond motifs is 2. The number of carbonyl (C=O) groups excluding carboxylic acids is 2.